The summed E-state index contributed by atoms with van der Waals surface area (Å²) in [4.78, 5) is 10.7. The zero-order valence-corrected chi connectivity index (χ0v) is 32.1. The van der Waals surface area contributed by atoms with Gasteiger partial charge in [-0.25, -0.2) is 9.97 Å². The minimum atomic E-state index is -2.02. The van der Waals surface area contributed by atoms with Crippen LogP contribution in [0.1, 0.15) is 94.2 Å². The molecule has 0 atom stereocenters. The summed E-state index contributed by atoms with van der Waals surface area (Å²) < 4.78 is 0. The molecule has 1 heterocycles. The summed E-state index contributed by atoms with van der Waals surface area (Å²) in [6, 6.07) is 21.5. The standard InChI is InChI=1S/C42H52N2Si2/c1-27(2)45(28(3)4,29(5)6)23-21-35-37-25-33-17-13-14-18-34(33)26-38(37)36(22-24-46(30(7)8,31(9)10)32(11)12)42-41(35)43-39-19-15-16-20-40(39)44-42/h13-20,25-32H,1-12H3. The summed E-state index contributed by atoms with van der Waals surface area (Å²) >= 11 is 0. The van der Waals surface area contributed by atoms with E-state index < -0.39 is 16.1 Å². The first-order chi connectivity index (χ1) is 21.7. The number of hydrogen-bond donors (Lipinski definition) is 0. The van der Waals surface area contributed by atoms with Crippen LogP contribution >= 0.6 is 0 Å². The maximum atomic E-state index is 5.35. The minimum Gasteiger partial charge on any atom is -0.243 e. The Morgan fingerprint density at radius 3 is 1.07 bits per heavy atom. The highest BCUT2D eigenvalue weighted by molar-refractivity contribution is 6.91. The molecule has 0 radical (unpaired) electrons. The molecule has 0 aliphatic rings. The zero-order chi connectivity index (χ0) is 33.6. The van der Waals surface area contributed by atoms with Gasteiger partial charge in [-0.15, -0.1) is 11.1 Å². The van der Waals surface area contributed by atoms with Crippen LogP contribution in [-0.4, -0.2) is 26.1 Å². The van der Waals surface area contributed by atoms with Gasteiger partial charge in [0.1, 0.15) is 27.2 Å². The molecule has 0 amide bonds. The van der Waals surface area contributed by atoms with E-state index in [1.165, 1.54) is 10.8 Å². The van der Waals surface area contributed by atoms with Gasteiger partial charge in [0.15, 0.2) is 0 Å². The van der Waals surface area contributed by atoms with Gasteiger partial charge in [0.2, 0.25) is 0 Å². The SMILES string of the molecule is CC(C)[Si](C#Cc1c2cc3ccccc3cc2c(C#C[Si](C(C)C)(C(C)C)C(C)C)c2nc3ccccc3nc12)(C(C)C)C(C)C. The van der Waals surface area contributed by atoms with Crippen molar-refractivity contribution < 1.29 is 0 Å². The van der Waals surface area contributed by atoms with Gasteiger partial charge >= 0.3 is 0 Å². The zero-order valence-electron chi connectivity index (χ0n) is 30.1. The summed E-state index contributed by atoms with van der Waals surface area (Å²) in [5.74, 6) is 7.74. The number of para-hydroxylation sites is 2. The molecule has 0 saturated heterocycles. The molecule has 2 nitrogen and oxygen atoms in total. The van der Waals surface area contributed by atoms with Crippen LogP contribution in [0.15, 0.2) is 60.7 Å². The van der Waals surface area contributed by atoms with Crippen molar-refractivity contribution in [2.45, 2.75) is 116 Å². The summed E-state index contributed by atoms with van der Waals surface area (Å²) in [6.07, 6.45) is 0. The van der Waals surface area contributed by atoms with Gasteiger partial charge in [-0.3, -0.25) is 0 Å². The topological polar surface area (TPSA) is 25.8 Å². The Morgan fingerprint density at radius 1 is 0.457 bits per heavy atom. The Kier molecular flexibility index (Phi) is 9.57. The summed E-state index contributed by atoms with van der Waals surface area (Å²) in [7, 11) is -4.03. The molecular formula is C42H52N2Si2. The van der Waals surface area contributed by atoms with Crippen LogP contribution in [-0.2, 0) is 0 Å². The van der Waals surface area contributed by atoms with Crippen molar-refractivity contribution in [2.24, 2.45) is 0 Å². The highest BCUT2D eigenvalue weighted by atomic mass is 28.3. The van der Waals surface area contributed by atoms with Crippen LogP contribution in [0.25, 0.3) is 43.6 Å². The van der Waals surface area contributed by atoms with Crippen LogP contribution < -0.4 is 0 Å². The van der Waals surface area contributed by atoms with E-state index in [0.717, 1.165) is 44.0 Å². The fourth-order valence-corrected chi connectivity index (χ4v) is 19.1. The Balaban J connectivity index is 2.02. The van der Waals surface area contributed by atoms with Crippen molar-refractivity contribution in [3.8, 4) is 22.9 Å². The summed E-state index contributed by atoms with van der Waals surface area (Å²) in [6.45, 7) is 28.6. The maximum absolute atomic E-state index is 5.35. The normalized spacial score (nSPS) is 12.7. The van der Waals surface area contributed by atoms with E-state index in [-0.39, 0.29) is 0 Å². The molecule has 0 aliphatic heterocycles. The quantitative estimate of drug-likeness (QED) is 0.105. The molecule has 0 aliphatic carbocycles. The monoisotopic (exact) mass is 640 g/mol. The van der Waals surface area contributed by atoms with E-state index in [0.29, 0.717) is 33.2 Å². The van der Waals surface area contributed by atoms with Crippen molar-refractivity contribution in [3.05, 3.63) is 71.8 Å². The van der Waals surface area contributed by atoms with Crippen molar-refractivity contribution in [3.63, 3.8) is 0 Å². The van der Waals surface area contributed by atoms with Crippen molar-refractivity contribution in [2.75, 3.05) is 0 Å². The lowest BCUT2D eigenvalue weighted by atomic mass is 9.94. The fourth-order valence-electron chi connectivity index (χ4n) is 8.72. The lowest BCUT2D eigenvalue weighted by Crippen LogP contribution is -2.43. The van der Waals surface area contributed by atoms with Crippen LogP contribution in [0.3, 0.4) is 0 Å². The Hall–Kier alpha value is -3.45. The molecule has 1 aromatic heterocycles. The van der Waals surface area contributed by atoms with Crippen LogP contribution in [0.5, 0.6) is 0 Å². The van der Waals surface area contributed by atoms with Gasteiger partial charge in [0.05, 0.1) is 22.2 Å². The predicted octanol–water partition coefficient (Wildman–Crippen LogP) is 12.2. The summed E-state index contributed by atoms with van der Waals surface area (Å²) in [5, 5.41) is 4.69. The predicted molar refractivity (Wildman–Crippen MR) is 208 cm³/mol. The second-order valence-corrected chi connectivity index (χ2v) is 26.4. The Morgan fingerprint density at radius 2 is 0.761 bits per heavy atom. The van der Waals surface area contributed by atoms with Crippen LogP contribution in [0.2, 0.25) is 33.2 Å². The third-order valence-electron chi connectivity index (χ3n) is 11.0. The number of fused-ring (bicyclic) bond motifs is 4. The van der Waals surface area contributed by atoms with E-state index >= 15 is 0 Å². The fraction of sp³-hybridized carbons (Fsp3) is 0.429. The molecular weight excluding hydrogens is 589 g/mol. The average Bonchev–Trinajstić information content (AvgIpc) is 2.99. The van der Waals surface area contributed by atoms with Crippen molar-refractivity contribution in [1.29, 1.82) is 0 Å². The lowest BCUT2D eigenvalue weighted by Gasteiger charge is -2.38. The molecule has 5 rings (SSSR count). The van der Waals surface area contributed by atoms with Crippen molar-refractivity contribution in [1.82, 2.24) is 9.97 Å². The molecule has 5 aromatic rings. The smallest absolute Gasteiger partial charge is 0.146 e. The van der Waals surface area contributed by atoms with E-state index in [4.69, 9.17) is 9.97 Å². The molecule has 4 heteroatoms. The number of aromatic nitrogens is 2. The highest BCUT2D eigenvalue weighted by Gasteiger charge is 2.43. The molecule has 46 heavy (non-hydrogen) atoms. The maximum Gasteiger partial charge on any atom is 0.146 e. The van der Waals surface area contributed by atoms with Gasteiger partial charge in [0, 0.05) is 10.8 Å². The minimum absolute atomic E-state index is 0.539. The lowest BCUT2D eigenvalue weighted by molar-refractivity contribution is 0.838. The molecule has 238 valence electrons. The number of nitrogens with zero attached hydrogens (tertiary/aromatic N) is 2. The van der Waals surface area contributed by atoms with E-state index in [1.807, 2.05) is 12.1 Å². The van der Waals surface area contributed by atoms with Crippen LogP contribution in [0.4, 0.5) is 0 Å². The van der Waals surface area contributed by atoms with Gasteiger partial charge in [-0.2, -0.15) is 0 Å². The van der Waals surface area contributed by atoms with Crippen LogP contribution in [0, 0.1) is 22.9 Å². The molecule has 0 saturated carbocycles. The number of rotatable bonds is 6. The third-order valence-corrected chi connectivity index (χ3v) is 23.6. The third kappa shape index (κ3) is 5.59. The molecule has 4 aromatic carbocycles. The second-order valence-electron chi connectivity index (χ2n) is 15.2. The van der Waals surface area contributed by atoms with Gasteiger partial charge in [-0.1, -0.05) is 131 Å². The largest absolute Gasteiger partial charge is 0.243 e. The molecule has 0 bridgehead atoms. The van der Waals surface area contributed by atoms with E-state index in [1.54, 1.807) is 0 Å². The second kappa shape index (κ2) is 13.0. The molecule has 0 N–H and O–H groups in total. The van der Waals surface area contributed by atoms with Gasteiger partial charge in [-0.05, 0) is 68.3 Å². The highest BCUT2D eigenvalue weighted by Crippen LogP contribution is 2.43. The van der Waals surface area contributed by atoms with E-state index in [2.05, 4.69) is 155 Å². The first-order valence-corrected chi connectivity index (χ1v) is 21.8. The Bertz CT molecular complexity index is 1760. The molecule has 0 fully saturated rings. The molecule has 0 spiro atoms. The number of benzene rings is 4. The molecule has 0 unspecified atom stereocenters. The number of hydrogen-bond acceptors (Lipinski definition) is 2. The first-order valence-electron chi connectivity index (χ1n) is 17.4. The van der Waals surface area contributed by atoms with Gasteiger partial charge < -0.3 is 0 Å². The Labute approximate surface area is 279 Å². The van der Waals surface area contributed by atoms with Crippen molar-refractivity contribution >= 4 is 59.8 Å². The van der Waals surface area contributed by atoms with E-state index in [9.17, 15) is 0 Å². The van der Waals surface area contributed by atoms with Gasteiger partial charge in [0.25, 0.3) is 0 Å². The average molecular weight is 641 g/mol. The first kappa shape index (κ1) is 33.9. The summed E-state index contributed by atoms with van der Waals surface area (Å²) in [5.41, 5.74) is 16.9.